The molecule has 2 N–H and O–H groups in total. The summed E-state index contributed by atoms with van der Waals surface area (Å²) in [5, 5.41) is 7.10. The molecular weight excluding hydrogens is 238 g/mol. The molecule has 19 heavy (non-hydrogen) atoms. The van der Waals surface area contributed by atoms with E-state index in [0.29, 0.717) is 6.04 Å². The minimum atomic E-state index is 0.514. The lowest BCUT2D eigenvalue weighted by molar-refractivity contribution is 0.244. The highest BCUT2D eigenvalue weighted by atomic mass is 16.5. The zero-order valence-corrected chi connectivity index (χ0v) is 12.4. The molecule has 106 valence electrons. The summed E-state index contributed by atoms with van der Waals surface area (Å²) in [5.74, 6) is 0.957. The molecule has 1 aliphatic heterocycles. The minimum Gasteiger partial charge on any atom is -0.496 e. The molecule has 1 atom stereocenters. The van der Waals surface area contributed by atoms with Crippen LogP contribution in [-0.2, 0) is 0 Å². The average Bonchev–Trinajstić information content (AvgIpc) is 2.39. The van der Waals surface area contributed by atoms with Gasteiger partial charge in [0.25, 0.3) is 0 Å². The van der Waals surface area contributed by atoms with Gasteiger partial charge in [-0.15, -0.1) is 0 Å². The summed E-state index contributed by atoms with van der Waals surface area (Å²) in [6.07, 6.45) is 0. The lowest BCUT2D eigenvalue weighted by Gasteiger charge is -2.31. The van der Waals surface area contributed by atoms with Crippen molar-refractivity contribution in [2.24, 2.45) is 0 Å². The van der Waals surface area contributed by atoms with E-state index in [1.807, 2.05) is 0 Å². The minimum absolute atomic E-state index is 0.514. The first-order valence-electron chi connectivity index (χ1n) is 6.91. The van der Waals surface area contributed by atoms with E-state index in [2.05, 4.69) is 48.6 Å². The van der Waals surface area contributed by atoms with Gasteiger partial charge in [-0.2, -0.15) is 0 Å². The van der Waals surface area contributed by atoms with Gasteiger partial charge >= 0.3 is 0 Å². The van der Waals surface area contributed by atoms with E-state index in [1.165, 1.54) is 16.8 Å². The Balaban J connectivity index is 1.97. The van der Waals surface area contributed by atoms with Crippen molar-refractivity contribution in [2.45, 2.75) is 19.9 Å². The van der Waals surface area contributed by atoms with Crippen LogP contribution in [0.5, 0.6) is 5.75 Å². The average molecular weight is 263 g/mol. The van der Waals surface area contributed by atoms with Gasteiger partial charge in [0.1, 0.15) is 5.75 Å². The van der Waals surface area contributed by atoms with Crippen LogP contribution >= 0.6 is 0 Å². The molecule has 2 rings (SSSR count). The van der Waals surface area contributed by atoms with Gasteiger partial charge in [-0.3, -0.25) is 0 Å². The Morgan fingerprint density at radius 3 is 2.84 bits per heavy atom. The SMILES string of the molecule is COc1cc(C)c(NCC2CN(C)CCN2)cc1C. The first-order valence-corrected chi connectivity index (χ1v) is 6.91. The van der Waals surface area contributed by atoms with Crippen molar-refractivity contribution in [2.75, 3.05) is 45.7 Å². The molecule has 1 aliphatic rings. The third-order valence-corrected chi connectivity index (χ3v) is 3.74. The van der Waals surface area contributed by atoms with Gasteiger partial charge < -0.3 is 20.3 Å². The third kappa shape index (κ3) is 3.61. The molecule has 0 radical (unpaired) electrons. The fourth-order valence-corrected chi connectivity index (χ4v) is 2.56. The predicted molar refractivity (Wildman–Crippen MR) is 80.2 cm³/mol. The van der Waals surface area contributed by atoms with E-state index in [4.69, 9.17) is 4.74 Å². The van der Waals surface area contributed by atoms with E-state index < -0.39 is 0 Å². The van der Waals surface area contributed by atoms with Crippen LogP contribution in [0.15, 0.2) is 12.1 Å². The number of hydrogen-bond acceptors (Lipinski definition) is 4. The van der Waals surface area contributed by atoms with Crippen molar-refractivity contribution in [3.63, 3.8) is 0 Å². The van der Waals surface area contributed by atoms with Gasteiger partial charge in [-0.25, -0.2) is 0 Å². The highest BCUT2D eigenvalue weighted by molar-refractivity contribution is 5.57. The van der Waals surface area contributed by atoms with E-state index in [9.17, 15) is 0 Å². The van der Waals surface area contributed by atoms with Crippen LogP contribution in [0, 0.1) is 13.8 Å². The monoisotopic (exact) mass is 263 g/mol. The summed E-state index contributed by atoms with van der Waals surface area (Å²) < 4.78 is 5.34. The zero-order chi connectivity index (χ0) is 13.8. The number of piperazine rings is 1. The molecule has 4 heteroatoms. The molecule has 0 saturated carbocycles. The third-order valence-electron chi connectivity index (χ3n) is 3.74. The fourth-order valence-electron chi connectivity index (χ4n) is 2.56. The van der Waals surface area contributed by atoms with Gasteiger partial charge in [0.15, 0.2) is 0 Å². The Morgan fingerprint density at radius 1 is 1.37 bits per heavy atom. The first-order chi connectivity index (χ1) is 9.10. The largest absolute Gasteiger partial charge is 0.496 e. The molecule has 0 amide bonds. The topological polar surface area (TPSA) is 36.5 Å². The van der Waals surface area contributed by atoms with Crippen molar-refractivity contribution in [1.29, 1.82) is 0 Å². The molecule has 0 aromatic heterocycles. The summed E-state index contributed by atoms with van der Waals surface area (Å²) in [7, 11) is 3.90. The molecule has 1 aromatic rings. The van der Waals surface area contributed by atoms with Gasteiger partial charge in [-0.05, 0) is 44.2 Å². The number of likely N-dealkylation sites (N-methyl/N-ethyl adjacent to an activating group) is 1. The summed E-state index contributed by atoms with van der Waals surface area (Å²) in [6.45, 7) is 8.46. The second-order valence-corrected chi connectivity index (χ2v) is 5.43. The predicted octanol–water partition coefficient (Wildman–Crippen LogP) is 1.63. The van der Waals surface area contributed by atoms with E-state index >= 15 is 0 Å². The zero-order valence-electron chi connectivity index (χ0n) is 12.4. The van der Waals surface area contributed by atoms with Crippen LogP contribution in [0.1, 0.15) is 11.1 Å². The number of hydrogen-bond donors (Lipinski definition) is 2. The van der Waals surface area contributed by atoms with E-state index in [0.717, 1.165) is 31.9 Å². The molecule has 1 fully saturated rings. The van der Waals surface area contributed by atoms with Crippen LogP contribution in [0.4, 0.5) is 5.69 Å². The number of rotatable bonds is 4. The lowest BCUT2D eigenvalue weighted by Crippen LogP contribution is -2.51. The molecule has 1 heterocycles. The van der Waals surface area contributed by atoms with Crippen molar-refractivity contribution < 1.29 is 4.74 Å². The van der Waals surface area contributed by atoms with Crippen molar-refractivity contribution in [1.82, 2.24) is 10.2 Å². The number of nitrogens with one attached hydrogen (secondary N) is 2. The van der Waals surface area contributed by atoms with Crippen LogP contribution in [0.3, 0.4) is 0 Å². The number of benzene rings is 1. The van der Waals surface area contributed by atoms with Crippen LogP contribution < -0.4 is 15.4 Å². The Labute approximate surface area is 116 Å². The summed E-state index contributed by atoms with van der Waals surface area (Å²) >= 11 is 0. The van der Waals surface area contributed by atoms with Gasteiger partial charge in [0.05, 0.1) is 7.11 Å². The van der Waals surface area contributed by atoms with E-state index in [-0.39, 0.29) is 0 Å². The van der Waals surface area contributed by atoms with Crippen LogP contribution in [0.25, 0.3) is 0 Å². The lowest BCUT2D eigenvalue weighted by atomic mass is 10.1. The molecule has 0 aliphatic carbocycles. The second-order valence-electron chi connectivity index (χ2n) is 5.43. The maximum Gasteiger partial charge on any atom is 0.122 e. The maximum atomic E-state index is 5.34. The van der Waals surface area contributed by atoms with Crippen molar-refractivity contribution >= 4 is 5.69 Å². The van der Waals surface area contributed by atoms with E-state index in [1.54, 1.807) is 7.11 Å². The Kier molecular flexibility index (Phi) is 4.66. The van der Waals surface area contributed by atoms with Crippen LogP contribution in [0.2, 0.25) is 0 Å². The molecule has 1 saturated heterocycles. The summed E-state index contributed by atoms with van der Waals surface area (Å²) in [4.78, 5) is 2.37. The standard InChI is InChI=1S/C15H25N3O/c1-11-8-15(19-4)12(2)7-14(11)17-9-13-10-18(3)6-5-16-13/h7-8,13,16-17H,5-6,9-10H2,1-4H3. The molecule has 1 aromatic carbocycles. The summed E-state index contributed by atoms with van der Waals surface area (Å²) in [6, 6.07) is 4.78. The fraction of sp³-hybridized carbons (Fsp3) is 0.600. The molecule has 0 spiro atoms. The maximum absolute atomic E-state index is 5.34. The molecular formula is C15H25N3O. The highest BCUT2D eigenvalue weighted by Gasteiger charge is 2.16. The Morgan fingerprint density at radius 2 is 2.16 bits per heavy atom. The Hall–Kier alpha value is -1.26. The molecule has 4 nitrogen and oxygen atoms in total. The summed E-state index contributed by atoms with van der Waals surface area (Å²) in [5.41, 5.74) is 3.60. The first kappa shape index (κ1) is 14.2. The van der Waals surface area contributed by atoms with Crippen molar-refractivity contribution in [3.05, 3.63) is 23.3 Å². The highest BCUT2D eigenvalue weighted by Crippen LogP contribution is 2.25. The number of methoxy groups -OCH3 is 1. The quantitative estimate of drug-likeness (QED) is 0.865. The molecule has 0 bridgehead atoms. The van der Waals surface area contributed by atoms with Gasteiger partial charge in [0, 0.05) is 37.9 Å². The Bertz CT molecular complexity index is 434. The second kappa shape index (κ2) is 6.26. The number of anilines is 1. The number of aryl methyl sites for hydroxylation is 2. The smallest absolute Gasteiger partial charge is 0.122 e. The molecule has 1 unspecified atom stereocenters. The van der Waals surface area contributed by atoms with Crippen LogP contribution in [-0.4, -0.2) is 51.3 Å². The number of ether oxygens (including phenoxy) is 1. The number of nitrogens with zero attached hydrogens (tertiary/aromatic N) is 1. The van der Waals surface area contributed by atoms with Gasteiger partial charge in [-0.1, -0.05) is 0 Å². The van der Waals surface area contributed by atoms with Gasteiger partial charge in [0.2, 0.25) is 0 Å². The normalized spacial score (nSPS) is 20.3. The van der Waals surface area contributed by atoms with Crippen molar-refractivity contribution in [3.8, 4) is 5.75 Å².